The molecule has 0 aromatic carbocycles. The van der Waals surface area contributed by atoms with Gasteiger partial charge in [0, 0.05) is 0 Å². The van der Waals surface area contributed by atoms with Crippen molar-refractivity contribution in [1.82, 2.24) is 10.1 Å². The molecule has 0 fully saturated rings. The Morgan fingerprint density at radius 2 is 1.18 bits per heavy atom. The number of hydrogen-bond acceptors (Lipinski definition) is 3. The maximum absolute atomic E-state index is 2.76. The van der Waals surface area contributed by atoms with Crippen LogP contribution in [0.25, 0.3) is 0 Å². The molecule has 0 spiro atoms. The summed E-state index contributed by atoms with van der Waals surface area (Å²) < 4.78 is 8.31. The van der Waals surface area contributed by atoms with Crippen LogP contribution in [0.15, 0.2) is 24.3 Å². The molecule has 0 radical (unpaired) electrons. The molecule has 4 heteroatoms. The van der Waals surface area contributed by atoms with Gasteiger partial charge in [0.25, 0.3) is 0 Å². The summed E-state index contributed by atoms with van der Waals surface area (Å²) in [6.45, 7) is 15.0. The number of hydrogen-bond donors (Lipinski definition) is 0. The Hall–Kier alpha value is 0.0743. The summed E-state index contributed by atoms with van der Waals surface area (Å²) in [7, 11) is 7.05. The predicted molar refractivity (Wildman–Crippen MR) is 95.3 cm³/mol. The minimum atomic E-state index is -2.76. The molecule has 0 aliphatic heterocycles. The van der Waals surface area contributed by atoms with E-state index in [1.165, 1.54) is 6.42 Å². The first-order valence-corrected chi connectivity index (χ1v) is 11.8. The van der Waals surface area contributed by atoms with E-state index in [2.05, 4.69) is 90.2 Å². The summed E-state index contributed by atoms with van der Waals surface area (Å²) >= 11 is -2.76. The second kappa shape index (κ2) is 8.26. The minimum absolute atomic E-state index is 0.190. The molecule has 0 saturated heterocycles. The standard InChI is InChI=1S/C9H13.3C3H8N.Ti/c1-3-8(2)9-6-4-5-7-9;3*1-3-4-2;/h4-8H,3H2,1-2H3;3*3H2,1-2H3;/q;3*-1;+3. The molecule has 0 saturated carbocycles. The van der Waals surface area contributed by atoms with Crippen molar-refractivity contribution < 1.29 is 17.4 Å². The Morgan fingerprint density at radius 1 is 0.818 bits per heavy atom. The van der Waals surface area contributed by atoms with Crippen molar-refractivity contribution in [2.45, 2.75) is 44.8 Å². The van der Waals surface area contributed by atoms with E-state index in [9.17, 15) is 0 Å². The molecule has 3 nitrogen and oxygen atoms in total. The zero-order chi connectivity index (χ0) is 17.0. The third kappa shape index (κ3) is 2.91. The van der Waals surface area contributed by atoms with Crippen LogP contribution in [0.1, 0.15) is 41.0 Å². The van der Waals surface area contributed by atoms with Gasteiger partial charge in [0.05, 0.1) is 0 Å². The van der Waals surface area contributed by atoms with Gasteiger partial charge in [0.15, 0.2) is 0 Å². The molecule has 1 aliphatic carbocycles. The fourth-order valence-electron chi connectivity index (χ4n) is 4.23. The van der Waals surface area contributed by atoms with Crippen LogP contribution < -0.4 is 0 Å². The molecule has 0 N–H and O–H groups in total. The van der Waals surface area contributed by atoms with Gasteiger partial charge < -0.3 is 0 Å². The molecule has 1 aliphatic rings. The molecule has 0 heterocycles. The van der Waals surface area contributed by atoms with Crippen LogP contribution in [0.3, 0.4) is 0 Å². The van der Waals surface area contributed by atoms with E-state index in [0.29, 0.717) is 5.92 Å². The van der Waals surface area contributed by atoms with Crippen LogP contribution in [-0.2, 0) is 17.4 Å². The number of allylic oxidation sites excluding steroid dienone is 4. The third-order valence-electron chi connectivity index (χ3n) is 5.88. The zero-order valence-corrected chi connectivity index (χ0v) is 17.6. The van der Waals surface area contributed by atoms with Gasteiger partial charge in [0.1, 0.15) is 0 Å². The fraction of sp³-hybridized carbons (Fsp3) is 0.778. The predicted octanol–water partition coefficient (Wildman–Crippen LogP) is 4.07. The van der Waals surface area contributed by atoms with Crippen molar-refractivity contribution in [2.75, 3.05) is 40.8 Å². The molecule has 0 aromatic heterocycles. The second-order valence-electron chi connectivity index (χ2n) is 6.64. The van der Waals surface area contributed by atoms with Crippen molar-refractivity contribution in [1.29, 1.82) is 0 Å². The van der Waals surface area contributed by atoms with Gasteiger partial charge in [-0.25, -0.2) is 0 Å². The van der Waals surface area contributed by atoms with Crippen LogP contribution in [0.4, 0.5) is 0 Å². The first kappa shape index (κ1) is 20.1. The Balaban J connectivity index is 3.65. The van der Waals surface area contributed by atoms with Crippen molar-refractivity contribution in [3.8, 4) is 0 Å². The molecule has 1 atom stereocenters. The first-order chi connectivity index (χ1) is 10.4. The molecule has 22 heavy (non-hydrogen) atoms. The van der Waals surface area contributed by atoms with Crippen LogP contribution in [-0.4, -0.2) is 50.9 Å². The van der Waals surface area contributed by atoms with Crippen LogP contribution in [0, 0.1) is 5.92 Å². The molecule has 0 amide bonds. The van der Waals surface area contributed by atoms with E-state index in [1.54, 1.807) is 0 Å². The van der Waals surface area contributed by atoms with E-state index in [-0.39, 0.29) is 3.72 Å². The summed E-state index contributed by atoms with van der Waals surface area (Å²) in [6.07, 6.45) is 10.8. The number of nitrogens with zero attached hydrogens (tertiary/aromatic N) is 3. The Morgan fingerprint density at radius 3 is 1.45 bits per heavy atom. The molecule has 1 rings (SSSR count). The molecule has 1 unspecified atom stereocenters. The van der Waals surface area contributed by atoms with Crippen LogP contribution in [0.2, 0.25) is 3.72 Å². The van der Waals surface area contributed by atoms with E-state index >= 15 is 0 Å². The Bertz CT molecular complexity index is 367. The molecular formula is C18H37N3Ti. The zero-order valence-electron chi connectivity index (χ0n) is 16.1. The summed E-state index contributed by atoms with van der Waals surface area (Å²) in [4.78, 5) is 0. The van der Waals surface area contributed by atoms with E-state index < -0.39 is 17.4 Å². The molecular weight excluding hydrogens is 306 g/mol. The van der Waals surface area contributed by atoms with Crippen molar-refractivity contribution in [3.05, 3.63) is 24.3 Å². The van der Waals surface area contributed by atoms with Gasteiger partial charge in [-0.05, 0) is 0 Å². The van der Waals surface area contributed by atoms with Gasteiger partial charge in [-0.15, -0.1) is 0 Å². The Kier molecular flexibility index (Phi) is 7.55. The number of rotatable bonds is 9. The monoisotopic (exact) mass is 343 g/mol. The maximum atomic E-state index is 2.71. The quantitative estimate of drug-likeness (QED) is 0.584. The molecule has 128 valence electrons. The first-order valence-electron chi connectivity index (χ1n) is 8.89. The summed E-state index contributed by atoms with van der Waals surface area (Å²) in [5, 5.41) is 0. The average molecular weight is 343 g/mol. The summed E-state index contributed by atoms with van der Waals surface area (Å²) in [5.74, 6) is 0.652. The van der Waals surface area contributed by atoms with Gasteiger partial charge in [-0.2, -0.15) is 0 Å². The SMILES string of the molecule is CCC(C)[C]1([Ti]([N](C)CC)([N](C)CC)[N](C)CC)C=CC=C1. The van der Waals surface area contributed by atoms with Crippen molar-refractivity contribution in [3.63, 3.8) is 0 Å². The van der Waals surface area contributed by atoms with Crippen molar-refractivity contribution in [2.24, 2.45) is 5.92 Å². The topological polar surface area (TPSA) is 9.72 Å². The van der Waals surface area contributed by atoms with E-state index in [0.717, 1.165) is 19.6 Å². The van der Waals surface area contributed by atoms with Gasteiger partial charge in [-0.1, -0.05) is 0 Å². The normalized spacial score (nSPS) is 18.9. The van der Waals surface area contributed by atoms with E-state index in [4.69, 9.17) is 0 Å². The van der Waals surface area contributed by atoms with Gasteiger partial charge >= 0.3 is 143 Å². The van der Waals surface area contributed by atoms with Gasteiger partial charge in [-0.3, -0.25) is 0 Å². The molecule has 0 aromatic rings. The third-order valence-corrected chi connectivity index (χ3v) is 15.5. The Labute approximate surface area is 143 Å². The second-order valence-corrected chi connectivity index (χ2v) is 13.6. The summed E-state index contributed by atoms with van der Waals surface area (Å²) in [6, 6.07) is 0. The van der Waals surface area contributed by atoms with Crippen LogP contribution in [0.5, 0.6) is 0 Å². The average Bonchev–Trinajstić information content (AvgIpc) is 3.04. The van der Waals surface area contributed by atoms with Gasteiger partial charge in [0.2, 0.25) is 0 Å². The van der Waals surface area contributed by atoms with Crippen LogP contribution >= 0.6 is 0 Å². The molecule has 0 bridgehead atoms. The summed E-state index contributed by atoms with van der Waals surface area (Å²) in [5.41, 5.74) is 0. The van der Waals surface area contributed by atoms with E-state index in [1.807, 2.05) is 0 Å². The fourth-order valence-corrected chi connectivity index (χ4v) is 14.5. The van der Waals surface area contributed by atoms with Crippen molar-refractivity contribution >= 4 is 0 Å².